The third-order valence-electron chi connectivity index (χ3n) is 4.73. The number of hydrogen-bond donors (Lipinski definition) is 1. The molecule has 1 saturated heterocycles. The Morgan fingerprint density at radius 3 is 2.62 bits per heavy atom. The summed E-state index contributed by atoms with van der Waals surface area (Å²) in [4.78, 5) is 27.9. The van der Waals surface area contributed by atoms with E-state index in [0.717, 1.165) is 19.3 Å². The maximum Gasteiger partial charge on any atom is 0.411 e. The number of halogens is 1. The molecule has 144 valence electrons. The first-order valence-electron chi connectivity index (χ1n) is 9.21. The van der Waals surface area contributed by atoms with Crippen molar-refractivity contribution < 1.29 is 14.3 Å². The lowest BCUT2D eigenvalue weighted by Gasteiger charge is -2.38. The lowest BCUT2D eigenvalue weighted by Crippen LogP contribution is -2.54. The normalized spacial score (nSPS) is 20.3. The van der Waals surface area contributed by atoms with Crippen LogP contribution in [-0.4, -0.2) is 34.5 Å². The lowest BCUT2D eigenvalue weighted by atomic mass is 9.82. The molecule has 2 rings (SSSR count). The lowest BCUT2D eigenvalue weighted by molar-refractivity contribution is 0.00711. The molecule has 6 heteroatoms. The number of anilines is 1. The second kappa shape index (κ2) is 7.87. The van der Waals surface area contributed by atoms with E-state index in [-0.39, 0.29) is 5.78 Å². The number of ketones is 1. The van der Waals surface area contributed by atoms with Crippen LogP contribution in [0.4, 0.5) is 10.5 Å². The highest BCUT2D eigenvalue weighted by atomic mass is 35.5. The fourth-order valence-corrected chi connectivity index (χ4v) is 3.66. The van der Waals surface area contributed by atoms with Gasteiger partial charge in [-0.1, -0.05) is 31.4 Å². The molecular weight excluding hydrogens is 352 g/mol. The molecule has 1 heterocycles. The van der Waals surface area contributed by atoms with Crippen molar-refractivity contribution >= 4 is 29.2 Å². The topological polar surface area (TPSA) is 72.6 Å². The van der Waals surface area contributed by atoms with Crippen molar-refractivity contribution in [2.75, 3.05) is 12.3 Å². The molecule has 0 aromatic heterocycles. The Balaban J connectivity index is 2.40. The summed E-state index contributed by atoms with van der Waals surface area (Å²) in [7, 11) is 0. The molecule has 1 fully saturated rings. The monoisotopic (exact) mass is 380 g/mol. The Bertz CT molecular complexity index is 684. The van der Waals surface area contributed by atoms with Crippen molar-refractivity contribution in [1.82, 2.24) is 4.90 Å². The van der Waals surface area contributed by atoms with Crippen LogP contribution in [0.1, 0.15) is 70.2 Å². The molecule has 1 amide bonds. The maximum absolute atomic E-state index is 13.5. The largest absolute Gasteiger partial charge is 0.444 e. The van der Waals surface area contributed by atoms with E-state index in [1.54, 1.807) is 23.1 Å². The van der Waals surface area contributed by atoms with E-state index in [0.29, 0.717) is 35.7 Å². The molecule has 5 nitrogen and oxygen atoms in total. The fourth-order valence-electron chi connectivity index (χ4n) is 3.48. The summed E-state index contributed by atoms with van der Waals surface area (Å²) >= 11 is 6.12. The van der Waals surface area contributed by atoms with E-state index < -0.39 is 17.2 Å². The quantitative estimate of drug-likeness (QED) is 0.572. The number of hydrogen-bond acceptors (Lipinski definition) is 4. The number of unbranched alkanes of at least 4 members (excludes halogenated alkanes) is 1. The van der Waals surface area contributed by atoms with Gasteiger partial charge in [0.2, 0.25) is 0 Å². The molecule has 0 radical (unpaired) electrons. The van der Waals surface area contributed by atoms with Gasteiger partial charge in [0.05, 0.1) is 10.7 Å². The minimum absolute atomic E-state index is 0.0868. The zero-order chi connectivity index (χ0) is 19.5. The van der Waals surface area contributed by atoms with E-state index in [1.165, 1.54) is 0 Å². The van der Waals surface area contributed by atoms with Gasteiger partial charge in [-0.05, 0) is 58.2 Å². The summed E-state index contributed by atoms with van der Waals surface area (Å²) in [5.41, 5.74) is 5.20. The van der Waals surface area contributed by atoms with Crippen molar-refractivity contribution in [2.45, 2.75) is 70.9 Å². The van der Waals surface area contributed by atoms with Crippen molar-refractivity contribution in [3.8, 4) is 0 Å². The van der Waals surface area contributed by atoms with Gasteiger partial charge in [0.15, 0.2) is 5.78 Å². The van der Waals surface area contributed by atoms with Crippen LogP contribution < -0.4 is 5.73 Å². The number of nitrogens with two attached hydrogens (primary N) is 1. The second-order valence-electron chi connectivity index (χ2n) is 7.94. The van der Waals surface area contributed by atoms with Crippen LogP contribution in [0.3, 0.4) is 0 Å². The Kier molecular flexibility index (Phi) is 6.22. The summed E-state index contributed by atoms with van der Waals surface area (Å²) < 4.78 is 5.57. The van der Waals surface area contributed by atoms with E-state index in [9.17, 15) is 9.59 Å². The smallest absolute Gasteiger partial charge is 0.411 e. The summed E-state index contributed by atoms with van der Waals surface area (Å²) in [5.74, 6) is -0.0868. The van der Waals surface area contributed by atoms with Crippen molar-refractivity contribution in [3.63, 3.8) is 0 Å². The first kappa shape index (κ1) is 20.6. The minimum Gasteiger partial charge on any atom is -0.444 e. The summed E-state index contributed by atoms with van der Waals surface area (Å²) in [6.07, 6.45) is 3.39. The molecular formula is C20H29ClN2O3. The number of nitrogens with zero attached hydrogens (tertiary/aromatic N) is 1. The fraction of sp³-hybridized carbons (Fsp3) is 0.600. The van der Waals surface area contributed by atoms with Gasteiger partial charge < -0.3 is 10.5 Å². The highest BCUT2D eigenvalue weighted by Gasteiger charge is 2.50. The molecule has 1 aliphatic heterocycles. The Morgan fingerprint density at radius 1 is 1.35 bits per heavy atom. The zero-order valence-corrected chi connectivity index (χ0v) is 16.9. The minimum atomic E-state index is -0.877. The van der Waals surface area contributed by atoms with Gasteiger partial charge in [0.25, 0.3) is 0 Å². The van der Waals surface area contributed by atoms with Gasteiger partial charge in [-0.15, -0.1) is 0 Å². The number of amides is 1. The number of benzene rings is 1. The molecule has 0 spiro atoms. The Morgan fingerprint density at radius 2 is 2.04 bits per heavy atom. The third kappa shape index (κ3) is 4.32. The zero-order valence-electron chi connectivity index (χ0n) is 16.1. The van der Waals surface area contributed by atoms with Crippen LogP contribution >= 0.6 is 11.6 Å². The van der Waals surface area contributed by atoms with Gasteiger partial charge in [-0.3, -0.25) is 9.69 Å². The van der Waals surface area contributed by atoms with Crippen molar-refractivity contribution in [3.05, 3.63) is 28.8 Å². The summed E-state index contributed by atoms with van der Waals surface area (Å²) in [6.45, 7) is 8.08. The maximum atomic E-state index is 13.5. The first-order valence-corrected chi connectivity index (χ1v) is 9.59. The van der Waals surface area contributed by atoms with Gasteiger partial charge >= 0.3 is 6.09 Å². The first-order chi connectivity index (χ1) is 12.1. The Hall–Kier alpha value is -1.75. The molecule has 1 aromatic carbocycles. The van der Waals surface area contributed by atoms with E-state index in [2.05, 4.69) is 6.92 Å². The number of ether oxygens (including phenoxy) is 1. The molecule has 1 aliphatic rings. The van der Waals surface area contributed by atoms with Crippen LogP contribution in [0, 0.1) is 0 Å². The molecule has 0 saturated carbocycles. The van der Waals surface area contributed by atoms with E-state index in [1.807, 2.05) is 20.8 Å². The number of rotatable bonds is 5. The van der Waals surface area contributed by atoms with Gasteiger partial charge in [0.1, 0.15) is 11.1 Å². The van der Waals surface area contributed by atoms with Crippen LogP contribution in [-0.2, 0) is 4.74 Å². The number of carbonyl (C=O) groups excluding carboxylic acids is 2. The summed E-state index contributed by atoms with van der Waals surface area (Å²) in [5, 5.41) is 0.350. The van der Waals surface area contributed by atoms with E-state index in [4.69, 9.17) is 22.1 Å². The predicted octanol–water partition coefficient (Wildman–Crippen LogP) is 5.06. The van der Waals surface area contributed by atoms with Gasteiger partial charge in [-0.25, -0.2) is 4.79 Å². The van der Waals surface area contributed by atoms with Gasteiger partial charge in [0, 0.05) is 12.1 Å². The highest BCUT2D eigenvalue weighted by Crippen LogP contribution is 2.39. The van der Waals surface area contributed by atoms with Crippen LogP contribution in [0.25, 0.3) is 0 Å². The average Bonchev–Trinajstić information content (AvgIpc) is 2.98. The molecule has 26 heavy (non-hydrogen) atoms. The van der Waals surface area contributed by atoms with Crippen LogP contribution in [0.2, 0.25) is 5.02 Å². The van der Waals surface area contributed by atoms with E-state index >= 15 is 0 Å². The van der Waals surface area contributed by atoms with Crippen LogP contribution in [0.5, 0.6) is 0 Å². The second-order valence-corrected chi connectivity index (χ2v) is 8.34. The van der Waals surface area contributed by atoms with Crippen molar-refractivity contribution in [1.29, 1.82) is 0 Å². The third-order valence-corrected chi connectivity index (χ3v) is 5.06. The molecule has 0 bridgehead atoms. The molecule has 2 N–H and O–H groups in total. The van der Waals surface area contributed by atoms with Crippen LogP contribution in [0.15, 0.2) is 18.2 Å². The molecule has 1 atom stereocenters. The average molecular weight is 381 g/mol. The molecule has 1 unspecified atom stereocenters. The summed E-state index contributed by atoms with van der Waals surface area (Å²) in [6, 6.07) is 4.91. The van der Waals surface area contributed by atoms with Crippen molar-refractivity contribution in [2.24, 2.45) is 0 Å². The number of nitrogen functional groups attached to an aromatic ring is 1. The molecule has 0 aliphatic carbocycles. The van der Waals surface area contributed by atoms with Gasteiger partial charge in [-0.2, -0.15) is 0 Å². The number of likely N-dealkylation sites (tertiary alicyclic amines) is 1. The number of carbonyl (C=O) groups is 2. The number of Topliss-reactive ketones (excluding diaryl/α,β-unsaturated/α-hetero) is 1. The predicted molar refractivity (Wildman–Crippen MR) is 105 cm³/mol. The Labute approximate surface area is 160 Å². The molecule has 1 aromatic rings. The SMILES string of the molecule is CCCCC1(C(=O)c2ccc(N)c(Cl)c2)CCCN1C(=O)OC(C)(C)C. The standard InChI is InChI=1S/C20H29ClN2O3/c1-5-6-10-20(17(24)14-8-9-16(22)15(21)13-14)11-7-12-23(20)18(25)26-19(2,3)4/h8-9,13H,5-7,10-12,22H2,1-4H3. The highest BCUT2D eigenvalue weighted by molar-refractivity contribution is 6.33.